The van der Waals surface area contributed by atoms with Gasteiger partial charge >= 0.3 is 0 Å². The molecule has 0 aliphatic rings. The highest BCUT2D eigenvalue weighted by Crippen LogP contribution is 2.31. The summed E-state index contributed by atoms with van der Waals surface area (Å²) in [5.74, 6) is -0.878. The van der Waals surface area contributed by atoms with E-state index in [4.69, 9.17) is 5.73 Å². The molecule has 2 nitrogen and oxygen atoms in total. The largest absolute Gasteiger partial charge is 0.397 e. The van der Waals surface area contributed by atoms with Gasteiger partial charge in [0.15, 0.2) is 0 Å². The third-order valence-electron chi connectivity index (χ3n) is 2.24. The summed E-state index contributed by atoms with van der Waals surface area (Å²) in [5, 5.41) is 2.76. The molecule has 17 heavy (non-hydrogen) atoms. The van der Waals surface area contributed by atoms with Gasteiger partial charge in [0.05, 0.1) is 17.1 Å². The molecule has 0 saturated carbocycles. The Kier molecular flexibility index (Phi) is 3.28. The van der Waals surface area contributed by atoms with Crippen LogP contribution in [0.2, 0.25) is 0 Å². The summed E-state index contributed by atoms with van der Waals surface area (Å²) in [4.78, 5) is 0. The molecule has 0 aliphatic heterocycles. The van der Waals surface area contributed by atoms with E-state index < -0.39 is 11.6 Å². The van der Waals surface area contributed by atoms with Crippen molar-refractivity contribution in [2.24, 2.45) is 0 Å². The number of rotatable bonds is 2. The lowest BCUT2D eigenvalue weighted by Gasteiger charge is -2.11. The minimum Gasteiger partial charge on any atom is -0.397 e. The lowest BCUT2D eigenvalue weighted by molar-refractivity contribution is 0.627. The molecular formula is C12H9BrF2N2. The van der Waals surface area contributed by atoms with Crippen LogP contribution in [0.4, 0.5) is 25.8 Å². The Morgan fingerprint density at radius 2 is 1.88 bits per heavy atom. The molecule has 88 valence electrons. The molecule has 0 saturated heterocycles. The lowest BCUT2D eigenvalue weighted by atomic mass is 10.2. The van der Waals surface area contributed by atoms with Crippen LogP contribution in [0.5, 0.6) is 0 Å². The van der Waals surface area contributed by atoms with Crippen LogP contribution >= 0.6 is 15.9 Å². The SMILES string of the molecule is Nc1ccc(F)cc1Nc1c(F)cccc1Br. The molecule has 0 heterocycles. The number of hydrogen-bond acceptors (Lipinski definition) is 2. The number of nitrogen functional groups attached to an aromatic ring is 1. The Morgan fingerprint density at radius 3 is 2.59 bits per heavy atom. The zero-order valence-electron chi connectivity index (χ0n) is 8.68. The first-order valence-electron chi connectivity index (χ1n) is 4.84. The second-order valence-electron chi connectivity index (χ2n) is 3.45. The molecule has 2 aromatic carbocycles. The first kappa shape index (κ1) is 11.9. The number of nitrogens with two attached hydrogens (primary N) is 1. The van der Waals surface area contributed by atoms with Gasteiger partial charge in [0, 0.05) is 4.47 Å². The number of hydrogen-bond donors (Lipinski definition) is 2. The third-order valence-corrected chi connectivity index (χ3v) is 2.90. The van der Waals surface area contributed by atoms with Crippen molar-refractivity contribution < 1.29 is 8.78 Å². The van der Waals surface area contributed by atoms with Gasteiger partial charge in [0.25, 0.3) is 0 Å². The highest BCUT2D eigenvalue weighted by atomic mass is 79.9. The Morgan fingerprint density at radius 1 is 1.12 bits per heavy atom. The molecule has 2 aromatic rings. The van der Waals surface area contributed by atoms with E-state index in [-0.39, 0.29) is 5.69 Å². The van der Waals surface area contributed by atoms with E-state index in [9.17, 15) is 8.78 Å². The van der Waals surface area contributed by atoms with Crippen molar-refractivity contribution in [1.29, 1.82) is 0 Å². The van der Waals surface area contributed by atoms with Crippen LogP contribution < -0.4 is 11.1 Å². The van der Waals surface area contributed by atoms with Crippen LogP contribution in [0, 0.1) is 11.6 Å². The number of para-hydroxylation sites is 1. The molecule has 0 atom stereocenters. The van der Waals surface area contributed by atoms with E-state index in [1.54, 1.807) is 12.1 Å². The number of anilines is 3. The molecule has 2 rings (SSSR count). The summed E-state index contributed by atoms with van der Waals surface area (Å²) < 4.78 is 27.1. The molecule has 0 spiro atoms. The van der Waals surface area contributed by atoms with E-state index in [2.05, 4.69) is 21.2 Å². The van der Waals surface area contributed by atoms with Crippen LogP contribution in [0.1, 0.15) is 0 Å². The smallest absolute Gasteiger partial charge is 0.147 e. The fraction of sp³-hybridized carbons (Fsp3) is 0. The second-order valence-corrected chi connectivity index (χ2v) is 4.31. The van der Waals surface area contributed by atoms with Gasteiger partial charge in [-0.2, -0.15) is 0 Å². The Hall–Kier alpha value is -1.62. The summed E-state index contributed by atoms with van der Waals surface area (Å²) in [5.41, 5.74) is 6.58. The first-order valence-corrected chi connectivity index (χ1v) is 5.63. The fourth-order valence-corrected chi connectivity index (χ4v) is 1.83. The Labute approximate surface area is 106 Å². The molecule has 0 fully saturated rings. The van der Waals surface area contributed by atoms with Crippen LogP contribution in [-0.2, 0) is 0 Å². The molecule has 0 aliphatic carbocycles. The third kappa shape index (κ3) is 2.55. The lowest BCUT2D eigenvalue weighted by Crippen LogP contribution is -1.99. The average Bonchev–Trinajstić information content (AvgIpc) is 2.28. The summed E-state index contributed by atoms with van der Waals surface area (Å²) >= 11 is 3.21. The molecule has 0 unspecified atom stereocenters. The van der Waals surface area contributed by atoms with Crippen molar-refractivity contribution in [2.75, 3.05) is 11.1 Å². The van der Waals surface area contributed by atoms with Gasteiger partial charge in [-0.1, -0.05) is 6.07 Å². The molecule has 3 N–H and O–H groups in total. The summed E-state index contributed by atoms with van der Waals surface area (Å²) in [6, 6.07) is 8.44. The van der Waals surface area contributed by atoms with Crippen molar-refractivity contribution in [1.82, 2.24) is 0 Å². The predicted octanol–water partition coefficient (Wildman–Crippen LogP) is 4.05. The van der Waals surface area contributed by atoms with Crippen molar-refractivity contribution in [2.45, 2.75) is 0 Å². The summed E-state index contributed by atoms with van der Waals surface area (Å²) in [6.45, 7) is 0. The Bertz CT molecular complexity index is 538. The summed E-state index contributed by atoms with van der Waals surface area (Å²) in [6.07, 6.45) is 0. The molecule has 5 heteroatoms. The second kappa shape index (κ2) is 4.71. The zero-order valence-corrected chi connectivity index (χ0v) is 10.3. The highest BCUT2D eigenvalue weighted by molar-refractivity contribution is 9.10. The van der Waals surface area contributed by atoms with Crippen LogP contribution in [-0.4, -0.2) is 0 Å². The van der Waals surface area contributed by atoms with E-state index >= 15 is 0 Å². The zero-order chi connectivity index (χ0) is 12.4. The van der Waals surface area contributed by atoms with Gasteiger partial charge in [-0.15, -0.1) is 0 Å². The van der Waals surface area contributed by atoms with E-state index in [1.165, 1.54) is 24.3 Å². The van der Waals surface area contributed by atoms with Crippen LogP contribution in [0.25, 0.3) is 0 Å². The van der Waals surface area contributed by atoms with E-state index in [0.717, 1.165) is 0 Å². The molecular weight excluding hydrogens is 290 g/mol. The molecule has 0 aromatic heterocycles. The minimum atomic E-state index is -0.442. The van der Waals surface area contributed by atoms with Crippen LogP contribution in [0.3, 0.4) is 0 Å². The van der Waals surface area contributed by atoms with Crippen molar-refractivity contribution >= 4 is 33.0 Å². The van der Waals surface area contributed by atoms with E-state index in [0.29, 0.717) is 15.8 Å². The quantitative estimate of drug-likeness (QED) is 0.821. The van der Waals surface area contributed by atoms with Gasteiger partial charge < -0.3 is 11.1 Å². The number of benzene rings is 2. The number of nitrogens with one attached hydrogen (secondary N) is 1. The molecule has 0 radical (unpaired) electrons. The topological polar surface area (TPSA) is 38.0 Å². The fourth-order valence-electron chi connectivity index (χ4n) is 1.39. The molecule has 0 bridgehead atoms. The van der Waals surface area contributed by atoms with E-state index in [1.807, 2.05) is 0 Å². The van der Waals surface area contributed by atoms with Gasteiger partial charge in [-0.3, -0.25) is 0 Å². The van der Waals surface area contributed by atoms with Crippen molar-refractivity contribution in [3.05, 3.63) is 52.5 Å². The maximum Gasteiger partial charge on any atom is 0.147 e. The maximum absolute atomic E-state index is 13.5. The normalized spacial score (nSPS) is 10.3. The maximum atomic E-state index is 13.5. The molecule has 0 amide bonds. The first-order chi connectivity index (χ1) is 8.08. The predicted molar refractivity (Wildman–Crippen MR) is 68.2 cm³/mol. The summed E-state index contributed by atoms with van der Waals surface area (Å²) in [7, 11) is 0. The highest BCUT2D eigenvalue weighted by Gasteiger charge is 2.08. The van der Waals surface area contributed by atoms with Crippen molar-refractivity contribution in [3.63, 3.8) is 0 Å². The monoisotopic (exact) mass is 298 g/mol. The minimum absolute atomic E-state index is 0.227. The van der Waals surface area contributed by atoms with Crippen LogP contribution in [0.15, 0.2) is 40.9 Å². The van der Waals surface area contributed by atoms with Gasteiger partial charge in [-0.05, 0) is 46.3 Å². The van der Waals surface area contributed by atoms with Gasteiger partial charge in [0.2, 0.25) is 0 Å². The number of halogens is 3. The van der Waals surface area contributed by atoms with Gasteiger partial charge in [-0.25, -0.2) is 8.78 Å². The standard InChI is InChI=1S/C12H9BrF2N2/c13-8-2-1-3-9(15)12(8)17-11-6-7(14)4-5-10(11)16/h1-6,17H,16H2. The van der Waals surface area contributed by atoms with Gasteiger partial charge in [0.1, 0.15) is 11.6 Å². The Balaban J connectivity index is 2.41. The average molecular weight is 299 g/mol. The van der Waals surface area contributed by atoms with Crippen molar-refractivity contribution in [3.8, 4) is 0 Å².